The van der Waals surface area contributed by atoms with E-state index in [0.717, 1.165) is 27.5 Å². The van der Waals surface area contributed by atoms with Gasteiger partial charge in [-0.2, -0.15) is 0 Å². The number of rotatable bonds is 2. The van der Waals surface area contributed by atoms with E-state index >= 15 is 0 Å². The second-order valence-corrected chi connectivity index (χ2v) is 5.64. The Morgan fingerprint density at radius 3 is 2.75 bits per heavy atom. The van der Waals surface area contributed by atoms with Crippen LogP contribution in [0.3, 0.4) is 0 Å². The lowest BCUT2D eigenvalue weighted by Gasteiger charge is -2.05. The van der Waals surface area contributed by atoms with Crippen molar-refractivity contribution in [2.24, 2.45) is 7.05 Å². The number of aromatic nitrogens is 3. The fourth-order valence-corrected chi connectivity index (χ4v) is 2.78. The summed E-state index contributed by atoms with van der Waals surface area (Å²) in [6.45, 7) is 0. The molecule has 2 aromatic carbocycles. The van der Waals surface area contributed by atoms with Crippen molar-refractivity contribution in [3.05, 3.63) is 82.4 Å². The minimum Gasteiger partial charge on any atom is -0.308 e. The third-order valence-corrected chi connectivity index (χ3v) is 4.07. The predicted octanol–water partition coefficient (Wildman–Crippen LogP) is 3.65. The lowest BCUT2D eigenvalue weighted by atomic mass is 10.1. The van der Waals surface area contributed by atoms with Gasteiger partial charge < -0.3 is 4.57 Å². The molecule has 0 amide bonds. The molecule has 0 bridgehead atoms. The van der Waals surface area contributed by atoms with E-state index in [4.69, 9.17) is 0 Å². The fourth-order valence-electron chi connectivity index (χ4n) is 2.78. The van der Waals surface area contributed by atoms with E-state index in [1.165, 1.54) is 0 Å². The van der Waals surface area contributed by atoms with E-state index in [2.05, 4.69) is 9.97 Å². The van der Waals surface area contributed by atoms with Crippen LogP contribution in [-0.4, -0.2) is 14.5 Å². The third-order valence-electron chi connectivity index (χ3n) is 4.07. The van der Waals surface area contributed by atoms with Crippen LogP contribution in [0.5, 0.6) is 0 Å². The monoisotopic (exact) mass is 313 g/mol. The Labute approximate surface area is 138 Å². The Morgan fingerprint density at radius 1 is 0.958 bits per heavy atom. The smallest absolute Gasteiger partial charge is 0.276 e. The first-order chi connectivity index (χ1) is 11.7. The maximum absolute atomic E-state index is 12.5. The van der Waals surface area contributed by atoms with E-state index in [1.54, 1.807) is 23.9 Å². The number of pyridine rings is 1. The molecule has 4 rings (SSSR count). The summed E-state index contributed by atoms with van der Waals surface area (Å²) in [5, 5.41) is 1.07. The van der Waals surface area contributed by atoms with Crippen molar-refractivity contribution in [3.8, 4) is 0 Å². The van der Waals surface area contributed by atoms with E-state index < -0.39 is 0 Å². The van der Waals surface area contributed by atoms with Gasteiger partial charge in [-0.1, -0.05) is 30.3 Å². The maximum Gasteiger partial charge on any atom is 0.276 e. The molecule has 0 aliphatic rings. The van der Waals surface area contributed by atoms with Crippen LogP contribution in [0.15, 0.2) is 65.6 Å². The van der Waals surface area contributed by atoms with Gasteiger partial charge in [0.25, 0.3) is 5.56 Å². The highest BCUT2D eigenvalue weighted by atomic mass is 16.1. The molecule has 0 saturated carbocycles. The van der Waals surface area contributed by atoms with Crippen LogP contribution in [0, 0.1) is 0 Å². The molecule has 0 fully saturated rings. The number of aryl methyl sites for hydroxylation is 1. The molecule has 0 aliphatic carbocycles. The van der Waals surface area contributed by atoms with Crippen LogP contribution in [0.1, 0.15) is 11.3 Å². The van der Waals surface area contributed by atoms with Crippen LogP contribution in [0.2, 0.25) is 0 Å². The van der Waals surface area contributed by atoms with Crippen molar-refractivity contribution in [1.82, 2.24) is 14.5 Å². The molecular weight excluding hydrogens is 298 g/mol. The molecule has 0 unspecified atom stereocenters. The summed E-state index contributed by atoms with van der Waals surface area (Å²) in [6, 6.07) is 17.6. The van der Waals surface area contributed by atoms with Crippen LogP contribution in [0.25, 0.3) is 34.1 Å². The van der Waals surface area contributed by atoms with Gasteiger partial charge in [-0.05, 0) is 42.0 Å². The molecule has 0 radical (unpaired) electrons. The van der Waals surface area contributed by atoms with E-state index in [1.807, 2.05) is 60.7 Å². The van der Waals surface area contributed by atoms with Crippen molar-refractivity contribution in [2.45, 2.75) is 0 Å². The van der Waals surface area contributed by atoms with Gasteiger partial charge in [-0.15, -0.1) is 0 Å². The molecule has 4 aromatic rings. The van der Waals surface area contributed by atoms with Crippen molar-refractivity contribution < 1.29 is 0 Å². The number of hydrogen-bond acceptors (Lipinski definition) is 3. The van der Waals surface area contributed by atoms with Gasteiger partial charge in [-0.25, -0.2) is 4.98 Å². The first-order valence-corrected chi connectivity index (χ1v) is 7.71. The second kappa shape index (κ2) is 5.74. The van der Waals surface area contributed by atoms with Gasteiger partial charge in [0, 0.05) is 18.6 Å². The molecule has 2 aromatic heterocycles. The van der Waals surface area contributed by atoms with Gasteiger partial charge in [0.15, 0.2) is 0 Å². The highest BCUT2D eigenvalue weighted by Crippen LogP contribution is 2.15. The summed E-state index contributed by atoms with van der Waals surface area (Å²) >= 11 is 0. The molecule has 116 valence electrons. The Balaban J connectivity index is 1.78. The standard InChI is InChI=1S/C20H15N3O/c1-23-19-7-3-2-6-17(19)22-18(20(23)24)11-9-14-8-10-16-15(13-14)5-4-12-21-16/h2-13H,1H3/b11-9+. The summed E-state index contributed by atoms with van der Waals surface area (Å²) < 4.78 is 1.63. The zero-order chi connectivity index (χ0) is 16.5. The van der Waals surface area contributed by atoms with Crippen molar-refractivity contribution in [2.75, 3.05) is 0 Å². The molecule has 24 heavy (non-hydrogen) atoms. The molecule has 2 heterocycles. The Bertz CT molecular complexity index is 1140. The maximum atomic E-state index is 12.5. The second-order valence-electron chi connectivity index (χ2n) is 5.64. The highest BCUT2D eigenvalue weighted by Gasteiger charge is 2.05. The number of benzene rings is 2. The molecule has 0 N–H and O–H groups in total. The van der Waals surface area contributed by atoms with Crippen molar-refractivity contribution >= 4 is 34.1 Å². The first kappa shape index (κ1) is 14.3. The highest BCUT2D eigenvalue weighted by molar-refractivity contribution is 5.83. The third kappa shape index (κ3) is 2.48. The van der Waals surface area contributed by atoms with Crippen molar-refractivity contribution in [1.29, 1.82) is 0 Å². The molecule has 4 nitrogen and oxygen atoms in total. The van der Waals surface area contributed by atoms with Crippen LogP contribution < -0.4 is 5.56 Å². The average molecular weight is 313 g/mol. The number of nitrogens with zero attached hydrogens (tertiary/aromatic N) is 3. The first-order valence-electron chi connectivity index (χ1n) is 7.71. The Kier molecular flexibility index (Phi) is 3.43. The van der Waals surface area contributed by atoms with E-state index in [-0.39, 0.29) is 5.56 Å². The van der Waals surface area contributed by atoms with Gasteiger partial charge >= 0.3 is 0 Å². The van der Waals surface area contributed by atoms with E-state index in [0.29, 0.717) is 5.69 Å². The zero-order valence-electron chi connectivity index (χ0n) is 13.2. The summed E-state index contributed by atoms with van der Waals surface area (Å²) in [6.07, 6.45) is 5.46. The zero-order valence-corrected chi connectivity index (χ0v) is 13.2. The topological polar surface area (TPSA) is 47.8 Å². The molecule has 4 heteroatoms. The van der Waals surface area contributed by atoms with Gasteiger partial charge in [0.2, 0.25) is 0 Å². The summed E-state index contributed by atoms with van der Waals surface area (Å²) in [4.78, 5) is 21.2. The van der Waals surface area contributed by atoms with Gasteiger partial charge in [0.1, 0.15) is 5.69 Å². The van der Waals surface area contributed by atoms with Gasteiger partial charge in [-0.3, -0.25) is 9.78 Å². The predicted molar refractivity (Wildman–Crippen MR) is 97.7 cm³/mol. The number of fused-ring (bicyclic) bond motifs is 2. The fraction of sp³-hybridized carbons (Fsp3) is 0.0500. The Morgan fingerprint density at radius 2 is 1.83 bits per heavy atom. The largest absolute Gasteiger partial charge is 0.308 e. The SMILES string of the molecule is Cn1c(=O)c(/C=C/c2ccc3ncccc3c2)nc2ccccc21. The molecule has 0 atom stereocenters. The average Bonchev–Trinajstić information content (AvgIpc) is 2.63. The van der Waals surface area contributed by atoms with Crippen LogP contribution in [0.4, 0.5) is 0 Å². The minimum atomic E-state index is -0.104. The van der Waals surface area contributed by atoms with Crippen LogP contribution >= 0.6 is 0 Å². The molecule has 0 spiro atoms. The summed E-state index contributed by atoms with van der Waals surface area (Å²) in [5.74, 6) is 0. The Hall–Kier alpha value is -3.27. The lowest BCUT2D eigenvalue weighted by Crippen LogP contribution is -2.21. The molecule has 0 saturated heterocycles. The minimum absolute atomic E-state index is 0.104. The molecular formula is C20H15N3O. The molecule has 0 aliphatic heterocycles. The summed E-state index contributed by atoms with van der Waals surface area (Å²) in [5.41, 5.74) is 3.93. The van der Waals surface area contributed by atoms with E-state index in [9.17, 15) is 4.79 Å². The summed E-state index contributed by atoms with van der Waals surface area (Å²) in [7, 11) is 1.77. The van der Waals surface area contributed by atoms with Crippen molar-refractivity contribution in [3.63, 3.8) is 0 Å². The quantitative estimate of drug-likeness (QED) is 0.567. The lowest BCUT2D eigenvalue weighted by molar-refractivity contribution is 0.887. The number of para-hydroxylation sites is 2. The normalized spacial score (nSPS) is 11.5. The van der Waals surface area contributed by atoms with Crippen LogP contribution in [-0.2, 0) is 7.05 Å². The van der Waals surface area contributed by atoms with Gasteiger partial charge in [0.05, 0.1) is 16.6 Å². The number of hydrogen-bond donors (Lipinski definition) is 0.